The van der Waals surface area contributed by atoms with Crippen molar-refractivity contribution in [2.75, 3.05) is 5.32 Å². The molecule has 2 aromatic rings. The third-order valence-electron chi connectivity index (χ3n) is 5.33. The molecule has 2 amide bonds. The van der Waals surface area contributed by atoms with Crippen LogP contribution in [0.4, 0.5) is 28.0 Å². The Morgan fingerprint density at radius 1 is 1.11 bits per heavy atom. The number of benzene rings is 1. The van der Waals surface area contributed by atoms with Gasteiger partial charge in [0.15, 0.2) is 11.6 Å². The molecule has 1 aromatic heterocycles. The molecule has 2 aliphatic rings. The molecule has 2 bridgehead atoms. The Bertz CT molecular complexity index is 868. The lowest BCUT2D eigenvalue weighted by Crippen LogP contribution is -2.58. The van der Waals surface area contributed by atoms with Crippen LogP contribution >= 0.6 is 0 Å². The van der Waals surface area contributed by atoms with Gasteiger partial charge >= 0.3 is 12.2 Å². The van der Waals surface area contributed by atoms with E-state index in [0.29, 0.717) is 0 Å². The van der Waals surface area contributed by atoms with Crippen molar-refractivity contribution in [2.24, 2.45) is 0 Å². The molecule has 2 fully saturated rings. The molecule has 5 nitrogen and oxygen atoms in total. The first-order valence-corrected chi connectivity index (χ1v) is 9.11. The first-order chi connectivity index (χ1) is 13.3. The summed E-state index contributed by atoms with van der Waals surface area (Å²) in [5.41, 5.74) is -1.05. The highest BCUT2D eigenvalue weighted by atomic mass is 19.4. The summed E-state index contributed by atoms with van der Waals surface area (Å²) in [5, 5.41) is 2.69. The van der Waals surface area contributed by atoms with E-state index in [1.165, 1.54) is 12.1 Å². The van der Waals surface area contributed by atoms with E-state index in [4.69, 9.17) is 0 Å². The number of urea groups is 1. The van der Waals surface area contributed by atoms with Crippen molar-refractivity contribution in [2.45, 2.75) is 50.4 Å². The molecule has 2 aliphatic heterocycles. The minimum atomic E-state index is -4.64. The topological polar surface area (TPSA) is 58.1 Å². The van der Waals surface area contributed by atoms with Crippen LogP contribution in [0.1, 0.15) is 37.7 Å². The van der Waals surface area contributed by atoms with Gasteiger partial charge in [-0.2, -0.15) is 13.2 Å². The highest BCUT2D eigenvalue weighted by molar-refractivity contribution is 5.91. The van der Waals surface area contributed by atoms with Gasteiger partial charge in [0, 0.05) is 23.3 Å². The molecule has 1 N–H and O–H groups in total. The van der Waals surface area contributed by atoms with Gasteiger partial charge in [0.2, 0.25) is 0 Å². The number of halogens is 4. The Hall–Kier alpha value is -2.71. The number of fused-ring (bicyclic) bond motifs is 2. The largest absolute Gasteiger partial charge is 0.417 e. The molecule has 0 saturated carbocycles. The zero-order chi connectivity index (χ0) is 19.9. The number of carbonyl (C=O) groups is 1. The summed E-state index contributed by atoms with van der Waals surface area (Å²) < 4.78 is 53.2. The molecular formula is C19H18F4N4O. The Morgan fingerprint density at radius 3 is 2.36 bits per heavy atom. The lowest BCUT2D eigenvalue weighted by Gasteiger charge is -2.47. The Morgan fingerprint density at radius 2 is 1.75 bits per heavy atom. The molecule has 3 heterocycles. The summed E-state index contributed by atoms with van der Waals surface area (Å²) in [6, 6.07) is 3.34. The number of hydrogen-bond acceptors (Lipinski definition) is 3. The molecule has 0 radical (unpaired) electrons. The van der Waals surface area contributed by atoms with Crippen LogP contribution in [0.5, 0.6) is 0 Å². The Kier molecular flexibility index (Phi) is 4.68. The number of rotatable bonds is 2. The lowest BCUT2D eigenvalue weighted by atomic mass is 9.92. The van der Waals surface area contributed by atoms with E-state index in [-0.39, 0.29) is 35.2 Å². The number of amides is 2. The van der Waals surface area contributed by atoms with Crippen molar-refractivity contribution in [1.82, 2.24) is 14.9 Å². The molecule has 2 saturated heterocycles. The van der Waals surface area contributed by atoms with Gasteiger partial charge < -0.3 is 10.2 Å². The molecule has 28 heavy (non-hydrogen) atoms. The van der Waals surface area contributed by atoms with Crippen molar-refractivity contribution in [3.63, 3.8) is 0 Å². The molecule has 9 heteroatoms. The quantitative estimate of drug-likeness (QED) is 0.741. The van der Waals surface area contributed by atoms with E-state index in [9.17, 15) is 22.4 Å². The summed E-state index contributed by atoms with van der Waals surface area (Å²) in [4.78, 5) is 21.7. The van der Waals surface area contributed by atoms with Gasteiger partial charge in [-0.25, -0.2) is 19.2 Å². The highest BCUT2D eigenvalue weighted by Gasteiger charge is 2.42. The zero-order valence-electron chi connectivity index (χ0n) is 14.8. The lowest BCUT2D eigenvalue weighted by molar-refractivity contribution is -0.137. The van der Waals surface area contributed by atoms with E-state index >= 15 is 0 Å². The molecule has 4 rings (SSSR count). The number of carbonyl (C=O) groups excluding carboxylic acids is 1. The minimum Gasteiger partial charge on any atom is -0.318 e. The number of anilines is 1. The SMILES string of the molecule is O=C(Nc1ccc(C(F)(F)F)c(-c2ncc(F)cn2)c1)N1C2CCCCC1C2. The van der Waals surface area contributed by atoms with Gasteiger partial charge in [-0.05, 0) is 37.5 Å². The van der Waals surface area contributed by atoms with Crippen LogP contribution in [-0.4, -0.2) is 33.0 Å². The minimum absolute atomic E-state index is 0.196. The summed E-state index contributed by atoms with van der Waals surface area (Å²) >= 11 is 0. The molecule has 0 spiro atoms. The predicted octanol–water partition coefficient (Wildman–Crippen LogP) is 4.85. The maximum atomic E-state index is 13.4. The van der Waals surface area contributed by atoms with Gasteiger partial charge in [0.1, 0.15) is 0 Å². The van der Waals surface area contributed by atoms with Crippen molar-refractivity contribution in [3.05, 3.63) is 42.0 Å². The Labute approximate surface area is 158 Å². The van der Waals surface area contributed by atoms with Crippen molar-refractivity contribution in [3.8, 4) is 11.4 Å². The van der Waals surface area contributed by atoms with E-state index in [1.54, 1.807) is 4.90 Å². The average molecular weight is 394 g/mol. The summed E-state index contributed by atoms with van der Waals surface area (Å²) in [7, 11) is 0. The summed E-state index contributed by atoms with van der Waals surface area (Å²) in [5.74, 6) is -1.01. The van der Waals surface area contributed by atoms with Gasteiger partial charge in [0.05, 0.1) is 18.0 Å². The van der Waals surface area contributed by atoms with Gasteiger partial charge in [0.25, 0.3) is 0 Å². The molecule has 1 aromatic carbocycles. The van der Waals surface area contributed by atoms with Crippen molar-refractivity contribution >= 4 is 11.7 Å². The van der Waals surface area contributed by atoms with E-state index < -0.39 is 17.6 Å². The van der Waals surface area contributed by atoms with E-state index in [1.807, 2.05) is 0 Å². The van der Waals surface area contributed by atoms with Gasteiger partial charge in [-0.15, -0.1) is 0 Å². The summed E-state index contributed by atoms with van der Waals surface area (Å²) in [6.07, 6.45) is 2.01. The normalized spacial score (nSPS) is 21.6. The Balaban J connectivity index is 1.62. The zero-order valence-corrected chi connectivity index (χ0v) is 14.8. The molecule has 2 unspecified atom stereocenters. The van der Waals surface area contributed by atoms with Crippen LogP contribution in [-0.2, 0) is 6.18 Å². The number of nitrogens with zero attached hydrogens (tertiary/aromatic N) is 3. The van der Waals surface area contributed by atoms with E-state index in [2.05, 4.69) is 15.3 Å². The summed E-state index contributed by atoms with van der Waals surface area (Å²) in [6.45, 7) is 0. The van der Waals surface area contributed by atoms with Crippen LogP contribution in [0.25, 0.3) is 11.4 Å². The standard InChI is InChI=1S/C19H18F4N4O/c20-11-9-24-17(25-10-11)15-7-12(5-6-16(15)19(21,22)23)26-18(28)27-13-3-1-2-4-14(27)8-13/h5-7,9-10,13-14H,1-4,8H2,(H,26,28). The molecule has 0 aliphatic carbocycles. The smallest absolute Gasteiger partial charge is 0.318 e. The van der Waals surface area contributed by atoms with Crippen LogP contribution < -0.4 is 5.32 Å². The molecule has 148 valence electrons. The highest BCUT2D eigenvalue weighted by Crippen LogP contribution is 2.39. The fourth-order valence-electron chi connectivity index (χ4n) is 4.00. The second kappa shape index (κ2) is 7.03. The van der Waals surface area contributed by atoms with Crippen LogP contribution in [0.2, 0.25) is 0 Å². The average Bonchev–Trinajstić information content (AvgIpc) is 2.98. The number of aromatic nitrogens is 2. The van der Waals surface area contributed by atoms with Gasteiger partial charge in [-0.1, -0.05) is 12.8 Å². The van der Waals surface area contributed by atoms with Crippen LogP contribution in [0, 0.1) is 5.82 Å². The van der Waals surface area contributed by atoms with Crippen molar-refractivity contribution < 1.29 is 22.4 Å². The van der Waals surface area contributed by atoms with Gasteiger partial charge in [-0.3, -0.25) is 0 Å². The van der Waals surface area contributed by atoms with E-state index in [0.717, 1.165) is 50.6 Å². The second-order valence-corrected chi connectivity index (χ2v) is 7.15. The van der Waals surface area contributed by atoms with Crippen LogP contribution in [0.3, 0.4) is 0 Å². The monoisotopic (exact) mass is 394 g/mol. The first kappa shape index (κ1) is 18.6. The van der Waals surface area contributed by atoms with Crippen LogP contribution in [0.15, 0.2) is 30.6 Å². The predicted molar refractivity (Wildman–Crippen MR) is 93.9 cm³/mol. The first-order valence-electron chi connectivity index (χ1n) is 9.11. The number of nitrogens with one attached hydrogen (secondary N) is 1. The van der Waals surface area contributed by atoms with Crippen molar-refractivity contribution in [1.29, 1.82) is 0 Å². The fourth-order valence-corrected chi connectivity index (χ4v) is 4.00. The maximum Gasteiger partial charge on any atom is 0.417 e. The fraction of sp³-hybridized carbons (Fsp3) is 0.421. The maximum absolute atomic E-state index is 13.4. The number of hydrogen-bond donors (Lipinski definition) is 1. The number of alkyl halides is 3. The molecule has 2 atom stereocenters. The third-order valence-corrected chi connectivity index (χ3v) is 5.33. The molecular weight excluding hydrogens is 376 g/mol. The third kappa shape index (κ3) is 3.53. The second-order valence-electron chi connectivity index (χ2n) is 7.15.